The lowest BCUT2D eigenvalue weighted by Gasteiger charge is -2.33. The summed E-state index contributed by atoms with van der Waals surface area (Å²) in [6.07, 6.45) is 9.86. The van der Waals surface area contributed by atoms with Crippen molar-refractivity contribution >= 4 is 5.97 Å². The Morgan fingerprint density at radius 2 is 2.00 bits per heavy atom. The lowest BCUT2D eigenvalue weighted by atomic mass is 9.84. The minimum Gasteiger partial charge on any atom is -0.468 e. The predicted molar refractivity (Wildman–Crippen MR) is 85.2 cm³/mol. The molecule has 0 bridgehead atoms. The largest absolute Gasteiger partial charge is 0.468 e. The highest BCUT2D eigenvalue weighted by Crippen LogP contribution is 2.38. The molecule has 21 heavy (non-hydrogen) atoms. The standard InChI is InChI=1S/C17H32N2O2/c1-18-17(16(20)21-3)11-6-9-15(17)10-12-19(2)13-14-7-4-5-8-14/h14-15,18H,4-13H2,1-3H3. The van der Waals surface area contributed by atoms with Gasteiger partial charge in [-0.2, -0.15) is 0 Å². The summed E-state index contributed by atoms with van der Waals surface area (Å²) in [6.45, 7) is 2.30. The number of nitrogens with zero attached hydrogens (tertiary/aromatic N) is 1. The molecular weight excluding hydrogens is 264 g/mol. The Balaban J connectivity index is 1.84. The molecule has 4 nitrogen and oxygen atoms in total. The molecule has 4 heteroatoms. The van der Waals surface area contributed by atoms with Gasteiger partial charge in [0.15, 0.2) is 0 Å². The quantitative estimate of drug-likeness (QED) is 0.733. The van der Waals surface area contributed by atoms with Crippen LogP contribution in [0.15, 0.2) is 0 Å². The van der Waals surface area contributed by atoms with Crippen molar-refractivity contribution in [2.45, 2.75) is 56.9 Å². The molecule has 0 aromatic rings. The Morgan fingerprint density at radius 1 is 1.29 bits per heavy atom. The van der Waals surface area contributed by atoms with Crippen LogP contribution >= 0.6 is 0 Å². The fourth-order valence-corrected chi connectivity index (χ4v) is 4.45. The average molecular weight is 296 g/mol. The molecule has 0 aliphatic heterocycles. The maximum Gasteiger partial charge on any atom is 0.326 e. The molecule has 1 N–H and O–H groups in total. The van der Waals surface area contributed by atoms with Crippen LogP contribution in [0.2, 0.25) is 0 Å². The van der Waals surface area contributed by atoms with Gasteiger partial charge >= 0.3 is 5.97 Å². The monoisotopic (exact) mass is 296 g/mol. The Morgan fingerprint density at radius 3 is 2.62 bits per heavy atom. The van der Waals surface area contributed by atoms with Crippen molar-refractivity contribution in [2.75, 3.05) is 34.3 Å². The van der Waals surface area contributed by atoms with Crippen LogP contribution < -0.4 is 5.32 Å². The van der Waals surface area contributed by atoms with Crippen LogP contribution in [0.5, 0.6) is 0 Å². The Bertz CT molecular complexity index is 342. The molecule has 2 aliphatic rings. The fourth-order valence-electron chi connectivity index (χ4n) is 4.45. The highest BCUT2D eigenvalue weighted by molar-refractivity contribution is 5.81. The molecule has 2 aliphatic carbocycles. The lowest BCUT2D eigenvalue weighted by molar-refractivity contribution is -0.150. The van der Waals surface area contributed by atoms with Crippen LogP contribution in [-0.2, 0) is 9.53 Å². The normalized spacial score (nSPS) is 30.2. The second kappa shape index (κ2) is 7.59. The molecule has 0 aromatic heterocycles. The summed E-state index contributed by atoms with van der Waals surface area (Å²) in [7, 11) is 5.63. The van der Waals surface area contributed by atoms with Gasteiger partial charge in [-0.25, -0.2) is 0 Å². The summed E-state index contributed by atoms with van der Waals surface area (Å²) in [5.74, 6) is 1.22. The van der Waals surface area contributed by atoms with Crippen molar-refractivity contribution < 1.29 is 9.53 Å². The van der Waals surface area contributed by atoms with Gasteiger partial charge in [0.05, 0.1) is 7.11 Å². The minimum absolute atomic E-state index is 0.0778. The SMILES string of the molecule is CNC1(C(=O)OC)CCCC1CCN(C)CC1CCCC1. The number of ether oxygens (including phenoxy) is 1. The van der Waals surface area contributed by atoms with E-state index < -0.39 is 5.54 Å². The van der Waals surface area contributed by atoms with Crippen LogP contribution in [0.1, 0.15) is 51.4 Å². The number of hydrogen-bond acceptors (Lipinski definition) is 4. The maximum absolute atomic E-state index is 12.2. The number of nitrogens with one attached hydrogen (secondary N) is 1. The predicted octanol–water partition coefficient (Wildman–Crippen LogP) is 2.43. The van der Waals surface area contributed by atoms with E-state index in [0.717, 1.165) is 38.1 Å². The van der Waals surface area contributed by atoms with Crippen molar-refractivity contribution in [3.8, 4) is 0 Å². The third-order valence-electron chi connectivity index (χ3n) is 5.72. The van der Waals surface area contributed by atoms with Crippen molar-refractivity contribution in [1.29, 1.82) is 0 Å². The van der Waals surface area contributed by atoms with E-state index in [1.807, 2.05) is 7.05 Å². The van der Waals surface area contributed by atoms with Crippen molar-refractivity contribution in [2.24, 2.45) is 11.8 Å². The molecular formula is C17H32N2O2. The topological polar surface area (TPSA) is 41.6 Å². The number of carbonyl (C=O) groups is 1. The molecule has 2 saturated carbocycles. The third kappa shape index (κ3) is 3.78. The molecule has 2 atom stereocenters. The Hall–Kier alpha value is -0.610. The number of methoxy groups -OCH3 is 1. The summed E-state index contributed by atoms with van der Waals surface area (Å²) in [4.78, 5) is 14.7. The van der Waals surface area contributed by atoms with E-state index in [1.54, 1.807) is 0 Å². The maximum atomic E-state index is 12.2. The summed E-state index contributed by atoms with van der Waals surface area (Å²) in [5, 5.41) is 3.28. The number of hydrogen-bond donors (Lipinski definition) is 1. The summed E-state index contributed by atoms with van der Waals surface area (Å²) in [6, 6.07) is 0. The van der Waals surface area contributed by atoms with E-state index in [4.69, 9.17) is 4.74 Å². The molecule has 0 saturated heterocycles. The average Bonchev–Trinajstić information content (AvgIpc) is 3.13. The smallest absolute Gasteiger partial charge is 0.326 e. The van der Waals surface area contributed by atoms with Crippen LogP contribution in [0.3, 0.4) is 0 Å². The first-order chi connectivity index (χ1) is 10.1. The van der Waals surface area contributed by atoms with Gasteiger partial charge in [0.1, 0.15) is 5.54 Å². The van der Waals surface area contributed by atoms with E-state index >= 15 is 0 Å². The van der Waals surface area contributed by atoms with E-state index in [2.05, 4.69) is 17.3 Å². The number of esters is 1. The Kier molecular flexibility index (Phi) is 6.06. The number of rotatable bonds is 7. The van der Waals surface area contributed by atoms with E-state index in [9.17, 15) is 4.79 Å². The summed E-state index contributed by atoms with van der Waals surface area (Å²) < 4.78 is 5.06. The molecule has 2 rings (SSSR count). The first kappa shape index (κ1) is 16.8. The molecule has 0 aromatic carbocycles. The van der Waals surface area contributed by atoms with E-state index in [1.165, 1.54) is 39.3 Å². The van der Waals surface area contributed by atoms with E-state index in [-0.39, 0.29) is 5.97 Å². The first-order valence-corrected chi connectivity index (χ1v) is 8.58. The number of carbonyl (C=O) groups excluding carboxylic acids is 1. The van der Waals surface area contributed by atoms with Gasteiger partial charge in [0.25, 0.3) is 0 Å². The molecule has 122 valence electrons. The van der Waals surface area contributed by atoms with Gasteiger partial charge in [-0.1, -0.05) is 19.3 Å². The van der Waals surface area contributed by atoms with Crippen molar-refractivity contribution in [3.05, 3.63) is 0 Å². The molecule has 0 radical (unpaired) electrons. The van der Waals surface area contributed by atoms with Crippen LogP contribution in [0.4, 0.5) is 0 Å². The van der Waals surface area contributed by atoms with Crippen molar-refractivity contribution in [1.82, 2.24) is 10.2 Å². The minimum atomic E-state index is -0.442. The zero-order chi connectivity index (χ0) is 15.3. The van der Waals surface area contributed by atoms with E-state index in [0.29, 0.717) is 5.92 Å². The zero-order valence-electron chi connectivity index (χ0n) is 14.0. The van der Waals surface area contributed by atoms with Crippen molar-refractivity contribution in [3.63, 3.8) is 0 Å². The second-order valence-electron chi connectivity index (χ2n) is 7.00. The number of likely N-dealkylation sites (N-methyl/N-ethyl adjacent to an activating group) is 1. The first-order valence-electron chi connectivity index (χ1n) is 8.58. The van der Waals surface area contributed by atoms with Gasteiger partial charge < -0.3 is 15.0 Å². The molecule has 2 unspecified atom stereocenters. The van der Waals surface area contributed by atoms with Gasteiger partial charge in [-0.15, -0.1) is 0 Å². The van der Waals surface area contributed by atoms with Gasteiger partial charge in [0.2, 0.25) is 0 Å². The van der Waals surface area contributed by atoms with Crippen LogP contribution in [-0.4, -0.2) is 50.7 Å². The van der Waals surface area contributed by atoms with Gasteiger partial charge in [0, 0.05) is 6.54 Å². The van der Waals surface area contributed by atoms with Crippen LogP contribution in [0.25, 0.3) is 0 Å². The summed E-state index contributed by atoms with van der Waals surface area (Å²) >= 11 is 0. The highest BCUT2D eigenvalue weighted by Gasteiger charge is 2.48. The molecule has 0 spiro atoms. The molecule has 2 fully saturated rings. The zero-order valence-corrected chi connectivity index (χ0v) is 14.0. The Labute approximate surface area is 129 Å². The third-order valence-corrected chi connectivity index (χ3v) is 5.72. The summed E-state index contributed by atoms with van der Waals surface area (Å²) in [5.41, 5.74) is -0.442. The molecule has 0 heterocycles. The van der Waals surface area contributed by atoms with Gasteiger partial charge in [-0.05, 0) is 64.6 Å². The molecule has 0 amide bonds. The second-order valence-corrected chi connectivity index (χ2v) is 7.00. The van der Waals surface area contributed by atoms with Gasteiger partial charge in [-0.3, -0.25) is 4.79 Å². The lowest BCUT2D eigenvalue weighted by Crippen LogP contribution is -2.54. The fraction of sp³-hybridized carbons (Fsp3) is 0.941. The highest BCUT2D eigenvalue weighted by atomic mass is 16.5. The van der Waals surface area contributed by atoms with Crippen LogP contribution in [0, 0.1) is 11.8 Å².